The molecule has 1 saturated carbocycles. The van der Waals surface area contributed by atoms with Gasteiger partial charge >= 0.3 is 0 Å². The Bertz CT molecular complexity index is 1320. The molecule has 2 N–H and O–H groups in total. The summed E-state index contributed by atoms with van der Waals surface area (Å²) in [5.41, 5.74) is -2.35. The molecule has 3 heterocycles. The van der Waals surface area contributed by atoms with Crippen LogP contribution in [0.15, 0.2) is 18.2 Å². The van der Waals surface area contributed by atoms with E-state index in [0.717, 1.165) is 18.9 Å². The first-order valence-corrected chi connectivity index (χ1v) is 15.0. The van der Waals surface area contributed by atoms with E-state index in [1.165, 1.54) is 19.1 Å². The fourth-order valence-corrected chi connectivity index (χ4v) is 5.33. The number of amides is 1. The number of nitrogens with one attached hydrogen (secondary N) is 2. The third kappa shape index (κ3) is 7.88. The summed E-state index contributed by atoms with van der Waals surface area (Å²) in [7, 11) is 0. The Morgan fingerprint density at radius 1 is 1.04 bits per heavy atom. The summed E-state index contributed by atoms with van der Waals surface area (Å²) in [5.74, 6) is -1.69. The van der Waals surface area contributed by atoms with Crippen molar-refractivity contribution in [1.82, 2.24) is 15.3 Å². The van der Waals surface area contributed by atoms with Crippen molar-refractivity contribution in [3.8, 4) is 0 Å². The summed E-state index contributed by atoms with van der Waals surface area (Å²) in [4.78, 5) is 22.6. The first-order chi connectivity index (χ1) is 21.6. The number of alkyl halides is 4. The Morgan fingerprint density at radius 3 is 2.42 bits per heavy atom. The largest absolute Gasteiger partial charge is 0.363 e. The zero-order valence-corrected chi connectivity index (χ0v) is 25.0. The van der Waals surface area contributed by atoms with Crippen molar-refractivity contribution in [2.24, 2.45) is 0 Å². The van der Waals surface area contributed by atoms with Gasteiger partial charge in [0.2, 0.25) is 0 Å². The Balaban J connectivity index is 1.47. The molecule has 248 valence electrons. The Kier molecular flexibility index (Phi) is 10.9. The van der Waals surface area contributed by atoms with Crippen molar-refractivity contribution in [3.05, 3.63) is 52.2 Å². The summed E-state index contributed by atoms with van der Waals surface area (Å²) in [5, 5.41) is 5.47. The molecule has 10 nitrogen and oxygen atoms in total. The van der Waals surface area contributed by atoms with E-state index in [9.17, 15) is 22.4 Å². The van der Waals surface area contributed by atoms with Crippen molar-refractivity contribution < 1.29 is 50.4 Å². The minimum atomic E-state index is -3.02. The SMILES string of the molecule is Cc1nc(N[C@H](C)c2cccc(C(F)F)c2F)c(C2OCCO2)c(C(OCCOC2CCCCO2)C(=O)NC2(C(F)F)CC2)n1. The van der Waals surface area contributed by atoms with Crippen LogP contribution in [-0.2, 0) is 28.5 Å². The van der Waals surface area contributed by atoms with E-state index < -0.39 is 60.4 Å². The maximum atomic E-state index is 15.0. The van der Waals surface area contributed by atoms with Crippen LogP contribution in [0, 0.1) is 12.7 Å². The Hall–Kier alpha value is -2.98. The number of aryl methyl sites for hydroxylation is 1. The van der Waals surface area contributed by atoms with Crippen LogP contribution in [0.3, 0.4) is 0 Å². The molecule has 3 atom stereocenters. The number of hydrogen-bond donors (Lipinski definition) is 2. The van der Waals surface area contributed by atoms with Crippen LogP contribution in [0.1, 0.15) is 92.1 Å². The third-order valence-corrected chi connectivity index (χ3v) is 7.93. The molecule has 1 aliphatic carbocycles. The molecule has 2 aromatic rings. The quantitative estimate of drug-likeness (QED) is 0.201. The van der Waals surface area contributed by atoms with Gasteiger partial charge in [0, 0.05) is 12.2 Å². The van der Waals surface area contributed by atoms with Gasteiger partial charge in [0.25, 0.3) is 18.8 Å². The van der Waals surface area contributed by atoms with Crippen molar-refractivity contribution >= 4 is 11.7 Å². The molecule has 1 aromatic heterocycles. The summed E-state index contributed by atoms with van der Waals surface area (Å²) < 4.78 is 98.3. The second-order valence-corrected chi connectivity index (χ2v) is 11.3. The molecule has 2 aliphatic heterocycles. The van der Waals surface area contributed by atoms with Crippen LogP contribution in [0.5, 0.6) is 0 Å². The zero-order valence-electron chi connectivity index (χ0n) is 25.0. The van der Waals surface area contributed by atoms with Gasteiger partial charge in [0.15, 0.2) is 18.7 Å². The number of anilines is 1. The normalized spacial score (nSPS) is 21.2. The highest BCUT2D eigenvalue weighted by Crippen LogP contribution is 2.43. The molecule has 5 rings (SSSR count). The molecule has 3 aliphatic rings. The second-order valence-electron chi connectivity index (χ2n) is 11.3. The van der Waals surface area contributed by atoms with Crippen LogP contribution in [0.25, 0.3) is 0 Å². The van der Waals surface area contributed by atoms with E-state index in [-0.39, 0.29) is 67.7 Å². The number of benzene rings is 1. The fraction of sp³-hybridized carbons (Fsp3) is 0.633. The number of carbonyl (C=O) groups is 1. The van der Waals surface area contributed by atoms with E-state index in [4.69, 9.17) is 23.7 Å². The molecule has 0 radical (unpaired) electrons. The highest BCUT2D eigenvalue weighted by molar-refractivity contribution is 5.83. The Labute approximate surface area is 257 Å². The number of nitrogens with zero attached hydrogens (tertiary/aromatic N) is 2. The number of rotatable bonds is 14. The summed E-state index contributed by atoms with van der Waals surface area (Å²) in [6.07, 6.45) is -6.05. The summed E-state index contributed by atoms with van der Waals surface area (Å²) in [6.45, 7) is 3.99. The van der Waals surface area contributed by atoms with E-state index >= 15 is 4.39 Å². The summed E-state index contributed by atoms with van der Waals surface area (Å²) in [6, 6.07) is 2.80. The minimum Gasteiger partial charge on any atom is -0.363 e. The molecule has 1 amide bonds. The second kappa shape index (κ2) is 14.6. The molecular formula is C30H37F5N4O6. The first kappa shape index (κ1) is 33.4. The molecule has 3 fully saturated rings. The van der Waals surface area contributed by atoms with Gasteiger partial charge in [-0.25, -0.2) is 31.9 Å². The van der Waals surface area contributed by atoms with E-state index in [1.807, 2.05) is 0 Å². The van der Waals surface area contributed by atoms with Crippen LogP contribution in [-0.4, -0.2) is 67.2 Å². The molecule has 45 heavy (non-hydrogen) atoms. The van der Waals surface area contributed by atoms with Crippen LogP contribution < -0.4 is 10.6 Å². The number of hydrogen-bond acceptors (Lipinski definition) is 9. The van der Waals surface area contributed by atoms with Crippen molar-refractivity contribution in [1.29, 1.82) is 0 Å². The molecule has 0 bridgehead atoms. The lowest BCUT2D eigenvalue weighted by Crippen LogP contribution is -2.45. The lowest BCUT2D eigenvalue weighted by atomic mass is 10.0. The van der Waals surface area contributed by atoms with E-state index in [1.54, 1.807) is 6.92 Å². The van der Waals surface area contributed by atoms with Crippen LogP contribution in [0.2, 0.25) is 0 Å². The third-order valence-electron chi connectivity index (χ3n) is 7.93. The van der Waals surface area contributed by atoms with Gasteiger partial charge in [-0.3, -0.25) is 4.79 Å². The predicted molar refractivity (Wildman–Crippen MR) is 149 cm³/mol. The molecule has 0 spiro atoms. The van der Waals surface area contributed by atoms with Gasteiger partial charge in [0.1, 0.15) is 23.0 Å². The van der Waals surface area contributed by atoms with E-state index in [0.29, 0.717) is 13.0 Å². The molecule has 1 aromatic carbocycles. The average Bonchev–Trinajstić information content (AvgIpc) is 3.59. The van der Waals surface area contributed by atoms with Crippen molar-refractivity contribution in [3.63, 3.8) is 0 Å². The topological polar surface area (TPSA) is 113 Å². The maximum absolute atomic E-state index is 15.0. The van der Waals surface area contributed by atoms with Gasteiger partial charge in [-0.1, -0.05) is 18.2 Å². The van der Waals surface area contributed by atoms with Crippen molar-refractivity contribution in [2.75, 3.05) is 38.4 Å². The fourth-order valence-electron chi connectivity index (χ4n) is 5.33. The van der Waals surface area contributed by atoms with Crippen LogP contribution in [0.4, 0.5) is 27.8 Å². The maximum Gasteiger partial charge on any atom is 0.266 e. The van der Waals surface area contributed by atoms with Gasteiger partial charge in [-0.2, -0.15) is 0 Å². The number of carbonyl (C=O) groups excluding carboxylic acids is 1. The lowest BCUT2D eigenvalue weighted by molar-refractivity contribution is -0.173. The zero-order chi connectivity index (χ0) is 32.1. The van der Waals surface area contributed by atoms with Gasteiger partial charge in [-0.05, 0) is 46.0 Å². The lowest BCUT2D eigenvalue weighted by Gasteiger charge is -2.27. The molecule has 15 heteroatoms. The highest BCUT2D eigenvalue weighted by Gasteiger charge is 2.53. The smallest absolute Gasteiger partial charge is 0.266 e. The predicted octanol–water partition coefficient (Wildman–Crippen LogP) is 5.60. The molecule has 2 unspecified atom stereocenters. The Morgan fingerprint density at radius 2 is 1.78 bits per heavy atom. The standard InChI is InChI=1S/C30H37F5N4O6/c1-16(18-6-5-7-19(22(18)31)25(32)33)36-26-21(28-44-14-15-45-28)23(37-17(2)38-26)24(27(40)39-30(9-10-30)29(34)35)43-13-12-42-20-8-3-4-11-41-20/h5-7,16,20,24-25,28-29H,3-4,8-15H2,1-2H3,(H,39,40)(H,36,37,38)/t16-,20?,24?/m1/s1. The minimum absolute atomic E-state index is 0.0117. The van der Waals surface area contributed by atoms with Gasteiger partial charge in [-0.15, -0.1) is 0 Å². The van der Waals surface area contributed by atoms with Crippen LogP contribution >= 0.6 is 0 Å². The first-order valence-electron chi connectivity index (χ1n) is 15.0. The average molecular weight is 645 g/mol. The highest BCUT2D eigenvalue weighted by atomic mass is 19.3. The van der Waals surface area contributed by atoms with Gasteiger partial charge < -0.3 is 34.3 Å². The van der Waals surface area contributed by atoms with E-state index in [2.05, 4.69) is 20.6 Å². The molecular weight excluding hydrogens is 607 g/mol. The van der Waals surface area contributed by atoms with Crippen molar-refractivity contribution in [2.45, 2.75) is 89.1 Å². The number of aromatic nitrogens is 2. The molecule has 2 saturated heterocycles. The monoisotopic (exact) mass is 644 g/mol. The van der Waals surface area contributed by atoms with Gasteiger partial charge in [0.05, 0.1) is 49.3 Å². The number of ether oxygens (including phenoxy) is 5. The summed E-state index contributed by atoms with van der Waals surface area (Å²) >= 11 is 0. The number of halogens is 5.